The third-order valence-corrected chi connectivity index (χ3v) is 5.70. The van der Waals surface area contributed by atoms with Crippen molar-refractivity contribution in [2.75, 3.05) is 11.4 Å². The Hall–Kier alpha value is -2.57. The lowest BCUT2D eigenvalue weighted by molar-refractivity contribution is -0.137. The van der Waals surface area contributed by atoms with Crippen molar-refractivity contribution in [2.24, 2.45) is 5.92 Å². The molecule has 1 amide bonds. The number of carbonyl (C=O) groups is 1. The molecule has 148 valence electrons. The molecule has 1 saturated heterocycles. The molecule has 2 aromatic rings. The normalized spacial score (nSPS) is 21.6. The van der Waals surface area contributed by atoms with E-state index in [-0.39, 0.29) is 17.9 Å². The van der Waals surface area contributed by atoms with Crippen LogP contribution in [0.2, 0.25) is 0 Å². The lowest BCUT2D eigenvalue weighted by Crippen LogP contribution is -2.53. The van der Waals surface area contributed by atoms with Gasteiger partial charge in [0.05, 0.1) is 11.5 Å². The minimum atomic E-state index is -4.38. The van der Waals surface area contributed by atoms with Gasteiger partial charge in [-0.1, -0.05) is 6.07 Å². The number of alkyl halides is 3. The van der Waals surface area contributed by atoms with E-state index >= 15 is 0 Å². The summed E-state index contributed by atoms with van der Waals surface area (Å²) in [4.78, 5) is 19.1. The number of halogens is 3. The van der Waals surface area contributed by atoms with Gasteiger partial charge in [0.15, 0.2) is 0 Å². The molecule has 0 radical (unpaired) electrons. The average molecular weight is 389 g/mol. The van der Waals surface area contributed by atoms with Gasteiger partial charge in [0, 0.05) is 37.2 Å². The van der Waals surface area contributed by atoms with Gasteiger partial charge in [-0.15, -0.1) is 0 Å². The van der Waals surface area contributed by atoms with Crippen LogP contribution in [0, 0.1) is 5.92 Å². The third-order valence-electron chi connectivity index (χ3n) is 5.70. The van der Waals surface area contributed by atoms with E-state index in [2.05, 4.69) is 15.2 Å². The lowest BCUT2D eigenvalue weighted by Gasteiger charge is -2.46. The molecule has 2 unspecified atom stereocenters. The number of rotatable bonds is 3. The van der Waals surface area contributed by atoms with Crippen LogP contribution in [0.3, 0.4) is 0 Å². The van der Waals surface area contributed by atoms with Crippen molar-refractivity contribution < 1.29 is 18.0 Å². The number of piperidine rings is 1. The van der Waals surface area contributed by atoms with Crippen LogP contribution in [0.15, 0.2) is 42.7 Å². The number of nitrogens with one attached hydrogen (secondary N) is 1. The van der Waals surface area contributed by atoms with Crippen LogP contribution in [0.25, 0.3) is 0 Å². The second-order valence-electron chi connectivity index (χ2n) is 7.49. The van der Waals surface area contributed by atoms with E-state index in [4.69, 9.17) is 0 Å². The minimum Gasteiger partial charge on any atom is -0.368 e. The monoisotopic (exact) mass is 389 g/mol. The van der Waals surface area contributed by atoms with Crippen LogP contribution in [-0.4, -0.2) is 23.5 Å². The van der Waals surface area contributed by atoms with Crippen LogP contribution >= 0.6 is 0 Å². The van der Waals surface area contributed by atoms with Gasteiger partial charge < -0.3 is 10.2 Å². The molecule has 0 spiro atoms. The standard InChI is InChI=1S/C21H22F3N3O/c22-21(23,24)16-6-7-18-15(10-16)11-17(19-5-1-2-9-27(18)19)20(28)26-13-14-4-3-8-25-12-14/h3-4,6-8,10,12,17,19H,1-2,5,9,11,13H2,(H,26,28). The van der Waals surface area contributed by atoms with E-state index in [1.54, 1.807) is 24.5 Å². The van der Waals surface area contributed by atoms with E-state index in [0.29, 0.717) is 18.5 Å². The number of carbonyl (C=O) groups excluding carboxylic acids is 1. The Morgan fingerprint density at radius 2 is 2.11 bits per heavy atom. The summed E-state index contributed by atoms with van der Waals surface area (Å²) >= 11 is 0. The highest BCUT2D eigenvalue weighted by Gasteiger charge is 2.40. The quantitative estimate of drug-likeness (QED) is 0.865. The van der Waals surface area contributed by atoms with Crippen molar-refractivity contribution in [2.45, 2.75) is 44.4 Å². The van der Waals surface area contributed by atoms with Crippen LogP contribution in [0.1, 0.15) is 36.0 Å². The second kappa shape index (κ2) is 7.45. The van der Waals surface area contributed by atoms with Crippen LogP contribution < -0.4 is 10.2 Å². The Balaban J connectivity index is 1.58. The predicted molar refractivity (Wildman–Crippen MR) is 99.7 cm³/mol. The number of aromatic nitrogens is 1. The Morgan fingerprint density at radius 3 is 2.86 bits per heavy atom. The highest BCUT2D eigenvalue weighted by atomic mass is 19.4. The maximum Gasteiger partial charge on any atom is 0.416 e. The SMILES string of the molecule is O=C(NCc1cccnc1)C1Cc2cc(C(F)(F)F)ccc2N2CCCCC12. The zero-order valence-electron chi connectivity index (χ0n) is 15.4. The van der Waals surface area contributed by atoms with Crippen molar-refractivity contribution in [3.8, 4) is 0 Å². The fraction of sp³-hybridized carbons (Fsp3) is 0.429. The van der Waals surface area contributed by atoms with E-state index in [1.807, 2.05) is 6.07 Å². The molecule has 2 aliphatic heterocycles. The van der Waals surface area contributed by atoms with Crippen LogP contribution in [0.4, 0.5) is 18.9 Å². The van der Waals surface area contributed by atoms with E-state index < -0.39 is 11.7 Å². The molecule has 0 saturated carbocycles. The third kappa shape index (κ3) is 3.70. The molecule has 7 heteroatoms. The number of amides is 1. The smallest absolute Gasteiger partial charge is 0.368 e. The van der Waals surface area contributed by atoms with Crippen molar-refractivity contribution >= 4 is 11.6 Å². The molecule has 28 heavy (non-hydrogen) atoms. The summed E-state index contributed by atoms with van der Waals surface area (Å²) in [6.45, 7) is 1.14. The van der Waals surface area contributed by atoms with Gasteiger partial charge in [0.25, 0.3) is 0 Å². The fourth-order valence-electron chi connectivity index (χ4n) is 4.34. The molecular weight excluding hydrogens is 367 g/mol. The van der Waals surface area contributed by atoms with Crippen molar-refractivity contribution in [3.05, 3.63) is 59.4 Å². The first kappa shape index (κ1) is 18.8. The minimum absolute atomic E-state index is 0.0342. The molecule has 2 atom stereocenters. The largest absolute Gasteiger partial charge is 0.416 e. The van der Waals surface area contributed by atoms with Crippen LogP contribution in [0.5, 0.6) is 0 Å². The summed E-state index contributed by atoms with van der Waals surface area (Å²) in [5, 5.41) is 2.95. The Labute approximate surface area is 161 Å². The number of pyridine rings is 1. The highest BCUT2D eigenvalue weighted by Crippen LogP contribution is 2.41. The van der Waals surface area contributed by atoms with Crippen LogP contribution in [-0.2, 0) is 23.9 Å². The van der Waals surface area contributed by atoms with Crippen molar-refractivity contribution in [3.63, 3.8) is 0 Å². The number of benzene rings is 1. The van der Waals surface area contributed by atoms with Crippen molar-refractivity contribution in [1.29, 1.82) is 0 Å². The summed E-state index contributed by atoms with van der Waals surface area (Å²) < 4.78 is 39.5. The van der Waals surface area contributed by atoms with Gasteiger partial charge >= 0.3 is 6.18 Å². The molecule has 1 N–H and O–H groups in total. The average Bonchev–Trinajstić information content (AvgIpc) is 2.71. The number of hydrogen-bond acceptors (Lipinski definition) is 3. The Bertz CT molecular complexity index is 854. The first-order valence-electron chi connectivity index (χ1n) is 9.57. The van der Waals surface area contributed by atoms with Gasteiger partial charge in [-0.05, 0) is 61.1 Å². The molecule has 1 aromatic carbocycles. The Morgan fingerprint density at radius 1 is 1.25 bits per heavy atom. The molecule has 4 nitrogen and oxygen atoms in total. The van der Waals surface area contributed by atoms with E-state index in [1.165, 1.54) is 6.07 Å². The lowest BCUT2D eigenvalue weighted by atomic mass is 9.80. The summed E-state index contributed by atoms with van der Waals surface area (Å²) in [6, 6.07) is 7.65. The number of hydrogen-bond donors (Lipinski definition) is 1. The first-order chi connectivity index (χ1) is 13.4. The summed E-state index contributed by atoms with van der Waals surface area (Å²) in [5.41, 5.74) is 1.69. The number of anilines is 1. The maximum absolute atomic E-state index is 13.2. The number of nitrogens with zero attached hydrogens (tertiary/aromatic N) is 2. The molecule has 0 aliphatic carbocycles. The highest BCUT2D eigenvalue weighted by molar-refractivity contribution is 5.82. The number of fused-ring (bicyclic) bond motifs is 3. The Kier molecular flexibility index (Phi) is 5.00. The first-order valence-corrected chi connectivity index (χ1v) is 9.57. The molecular formula is C21H22F3N3O. The molecule has 1 aromatic heterocycles. The molecule has 2 aliphatic rings. The zero-order chi connectivity index (χ0) is 19.7. The van der Waals surface area contributed by atoms with Gasteiger partial charge in [0.2, 0.25) is 5.91 Å². The zero-order valence-corrected chi connectivity index (χ0v) is 15.4. The molecule has 3 heterocycles. The molecule has 1 fully saturated rings. The maximum atomic E-state index is 13.2. The van der Waals surface area contributed by atoms with Gasteiger partial charge in [-0.2, -0.15) is 13.2 Å². The summed E-state index contributed by atoms with van der Waals surface area (Å²) in [6.07, 6.45) is 2.21. The topological polar surface area (TPSA) is 45.2 Å². The molecule has 0 bridgehead atoms. The predicted octanol–water partition coefficient (Wildman–Crippen LogP) is 3.95. The van der Waals surface area contributed by atoms with E-state index in [0.717, 1.165) is 43.1 Å². The summed E-state index contributed by atoms with van der Waals surface area (Å²) in [7, 11) is 0. The second-order valence-corrected chi connectivity index (χ2v) is 7.49. The van der Waals surface area contributed by atoms with Crippen molar-refractivity contribution in [1.82, 2.24) is 10.3 Å². The molecule has 4 rings (SSSR count). The van der Waals surface area contributed by atoms with E-state index in [9.17, 15) is 18.0 Å². The van der Waals surface area contributed by atoms with Gasteiger partial charge in [-0.3, -0.25) is 9.78 Å². The van der Waals surface area contributed by atoms with Gasteiger partial charge in [-0.25, -0.2) is 0 Å². The van der Waals surface area contributed by atoms with Gasteiger partial charge in [0.1, 0.15) is 0 Å². The fourth-order valence-corrected chi connectivity index (χ4v) is 4.34. The summed E-state index contributed by atoms with van der Waals surface area (Å²) in [5.74, 6) is -0.461.